The molecule has 0 amide bonds. The Kier molecular flexibility index (Phi) is 4.09. The zero-order valence-electron chi connectivity index (χ0n) is 12.0. The second-order valence-electron chi connectivity index (χ2n) is 4.93. The summed E-state index contributed by atoms with van der Waals surface area (Å²) >= 11 is 0. The Morgan fingerprint density at radius 3 is 2.27 bits per heavy atom. The molecule has 0 bridgehead atoms. The van der Waals surface area contributed by atoms with Crippen molar-refractivity contribution in [2.45, 2.75) is 18.7 Å². The standard InChI is InChI=1S/C15H15NO5S/c1-9-3-5-12(11(7-9)15(18)19)16-22(20,21)14-8-10(2)4-6-13(14)17/h3-8,16-17H,1-2H3,(H,18,19). The molecule has 0 aromatic heterocycles. The van der Waals surface area contributed by atoms with E-state index in [9.17, 15) is 23.4 Å². The lowest BCUT2D eigenvalue weighted by Crippen LogP contribution is -2.16. The van der Waals surface area contributed by atoms with E-state index in [1.54, 1.807) is 26.0 Å². The van der Waals surface area contributed by atoms with Gasteiger partial charge in [0.2, 0.25) is 0 Å². The molecule has 0 fully saturated rings. The van der Waals surface area contributed by atoms with Gasteiger partial charge in [-0.05, 0) is 43.7 Å². The topological polar surface area (TPSA) is 104 Å². The summed E-state index contributed by atoms with van der Waals surface area (Å²) in [6.07, 6.45) is 0. The van der Waals surface area contributed by atoms with Crippen LogP contribution in [0.1, 0.15) is 21.5 Å². The molecule has 6 nitrogen and oxygen atoms in total. The van der Waals surface area contributed by atoms with Crippen LogP contribution in [0.25, 0.3) is 0 Å². The molecule has 2 rings (SSSR count). The van der Waals surface area contributed by atoms with E-state index in [0.29, 0.717) is 11.1 Å². The third-order valence-corrected chi connectivity index (χ3v) is 4.45. The number of anilines is 1. The quantitative estimate of drug-likeness (QED) is 0.802. The molecule has 116 valence electrons. The molecule has 0 heterocycles. The third kappa shape index (κ3) is 3.20. The molecule has 3 N–H and O–H groups in total. The number of aromatic carboxylic acids is 1. The second kappa shape index (κ2) is 5.69. The van der Waals surface area contributed by atoms with Gasteiger partial charge in [-0.25, -0.2) is 13.2 Å². The van der Waals surface area contributed by atoms with Crippen LogP contribution in [-0.4, -0.2) is 24.6 Å². The molecule has 7 heteroatoms. The van der Waals surface area contributed by atoms with Crippen LogP contribution in [0, 0.1) is 13.8 Å². The Morgan fingerprint density at radius 1 is 1.05 bits per heavy atom. The molecule has 22 heavy (non-hydrogen) atoms. The molecule has 0 spiro atoms. The van der Waals surface area contributed by atoms with E-state index in [0.717, 1.165) is 0 Å². The van der Waals surface area contributed by atoms with Crippen LogP contribution in [0.15, 0.2) is 41.3 Å². The van der Waals surface area contributed by atoms with Gasteiger partial charge in [-0.15, -0.1) is 0 Å². The number of aromatic hydroxyl groups is 1. The summed E-state index contributed by atoms with van der Waals surface area (Å²) in [5, 5.41) is 18.9. The molecule has 0 aliphatic heterocycles. The highest BCUT2D eigenvalue weighted by Crippen LogP contribution is 2.27. The first-order valence-corrected chi connectivity index (χ1v) is 7.85. The number of phenolic OH excluding ortho intramolecular Hbond substituents is 1. The van der Waals surface area contributed by atoms with Gasteiger partial charge >= 0.3 is 5.97 Å². The van der Waals surface area contributed by atoms with Gasteiger partial charge in [0.25, 0.3) is 10.0 Å². The van der Waals surface area contributed by atoms with E-state index < -0.39 is 21.7 Å². The van der Waals surface area contributed by atoms with Crippen LogP contribution in [0.5, 0.6) is 5.75 Å². The smallest absolute Gasteiger partial charge is 0.337 e. The number of nitrogens with one attached hydrogen (secondary N) is 1. The Labute approximate surface area is 128 Å². The molecular formula is C15H15NO5S. The van der Waals surface area contributed by atoms with E-state index >= 15 is 0 Å². The zero-order valence-corrected chi connectivity index (χ0v) is 12.8. The summed E-state index contributed by atoms with van der Waals surface area (Å²) in [6, 6.07) is 8.51. The molecule has 0 aliphatic rings. The predicted molar refractivity (Wildman–Crippen MR) is 81.8 cm³/mol. The molecule has 0 aliphatic carbocycles. The number of hydrogen-bond acceptors (Lipinski definition) is 4. The molecule has 0 saturated heterocycles. The van der Waals surface area contributed by atoms with Crippen molar-refractivity contribution < 1.29 is 23.4 Å². The lowest BCUT2D eigenvalue weighted by molar-refractivity contribution is 0.0698. The lowest BCUT2D eigenvalue weighted by Gasteiger charge is -2.12. The van der Waals surface area contributed by atoms with Gasteiger partial charge < -0.3 is 10.2 Å². The van der Waals surface area contributed by atoms with E-state index in [1.165, 1.54) is 24.3 Å². The van der Waals surface area contributed by atoms with Gasteiger partial charge in [0.1, 0.15) is 10.6 Å². The highest BCUT2D eigenvalue weighted by molar-refractivity contribution is 7.92. The maximum atomic E-state index is 12.4. The second-order valence-corrected chi connectivity index (χ2v) is 6.58. The molecule has 2 aromatic rings. The monoisotopic (exact) mass is 321 g/mol. The van der Waals surface area contributed by atoms with Gasteiger partial charge in [0, 0.05) is 0 Å². The number of carboxylic acid groups (broad SMARTS) is 1. The minimum absolute atomic E-state index is 0.0565. The van der Waals surface area contributed by atoms with Crippen molar-refractivity contribution in [3.63, 3.8) is 0 Å². The van der Waals surface area contributed by atoms with Gasteiger partial charge in [0.05, 0.1) is 11.3 Å². The van der Waals surface area contributed by atoms with Crippen LogP contribution >= 0.6 is 0 Å². The number of carboxylic acids is 1. The number of rotatable bonds is 4. The van der Waals surface area contributed by atoms with Crippen molar-refractivity contribution in [3.05, 3.63) is 53.1 Å². The summed E-state index contributed by atoms with van der Waals surface area (Å²) in [7, 11) is -4.10. The predicted octanol–water partition coefficient (Wildman–Crippen LogP) is 2.51. The largest absolute Gasteiger partial charge is 0.507 e. The fourth-order valence-electron chi connectivity index (χ4n) is 1.96. The molecule has 2 aromatic carbocycles. The summed E-state index contributed by atoms with van der Waals surface area (Å²) in [4.78, 5) is 10.9. The van der Waals surface area contributed by atoms with Crippen molar-refractivity contribution in [3.8, 4) is 5.75 Å². The average Bonchev–Trinajstić information content (AvgIpc) is 2.43. The number of carbonyl (C=O) groups is 1. The highest BCUT2D eigenvalue weighted by atomic mass is 32.2. The minimum Gasteiger partial charge on any atom is -0.507 e. The SMILES string of the molecule is Cc1ccc(NS(=O)(=O)c2cc(C)ccc2O)c(C(=O)O)c1. The first-order valence-electron chi connectivity index (χ1n) is 6.37. The van der Waals surface area contributed by atoms with Gasteiger partial charge in [-0.3, -0.25) is 4.72 Å². The van der Waals surface area contributed by atoms with Crippen LogP contribution in [0.3, 0.4) is 0 Å². The van der Waals surface area contributed by atoms with E-state index in [1.807, 2.05) is 0 Å². The van der Waals surface area contributed by atoms with Gasteiger partial charge in [-0.1, -0.05) is 17.7 Å². The molecule has 0 unspecified atom stereocenters. The van der Waals surface area contributed by atoms with Gasteiger partial charge in [-0.2, -0.15) is 0 Å². The summed E-state index contributed by atoms with van der Waals surface area (Å²) in [5.41, 5.74) is 1.13. The fraction of sp³-hybridized carbons (Fsp3) is 0.133. The number of sulfonamides is 1. The molecule has 0 saturated carbocycles. The Bertz CT molecular complexity index is 843. The van der Waals surface area contributed by atoms with Crippen LogP contribution < -0.4 is 4.72 Å². The Balaban J connectivity index is 2.50. The van der Waals surface area contributed by atoms with Crippen molar-refractivity contribution in [1.82, 2.24) is 0 Å². The summed E-state index contributed by atoms with van der Waals surface area (Å²) in [6.45, 7) is 3.39. The van der Waals surface area contributed by atoms with Gasteiger partial charge in [0.15, 0.2) is 0 Å². The van der Waals surface area contributed by atoms with Crippen LogP contribution in [0.2, 0.25) is 0 Å². The fourth-order valence-corrected chi connectivity index (χ4v) is 3.22. The van der Waals surface area contributed by atoms with E-state index in [2.05, 4.69) is 4.72 Å². The third-order valence-electron chi connectivity index (χ3n) is 3.05. The summed E-state index contributed by atoms with van der Waals surface area (Å²) in [5.74, 6) is -1.64. The maximum absolute atomic E-state index is 12.4. The van der Waals surface area contributed by atoms with Crippen molar-refractivity contribution in [1.29, 1.82) is 0 Å². The van der Waals surface area contributed by atoms with Crippen LogP contribution in [-0.2, 0) is 10.0 Å². The number of hydrogen-bond donors (Lipinski definition) is 3. The van der Waals surface area contributed by atoms with Crippen molar-refractivity contribution >= 4 is 21.7 Å². The summed E-state index contributed by atoms with van der Waals surface area (Å²) < 4.78 is 27.0. The number of benzene rings is 2. The molecule has 0 atom stereocenters. The minimum atomic E-state index is -4.10. The first-order chi connectivity index (χ1) is 10.2. The maximum Gasteiger partial charge on any atom is 0.337 e. The van der Waals surface area contributed by atoms with E-state index in [-0.39, 0.29) is 16.1 Å². The Hall–Kier alpha value is -2.54. The average molecular weight is 321 g/mol. The first kappa shape index (κ1) is 15.8. The van der Waals surface area contributed by atoms with E-state index in [4.69, 9.17) is 0 Å². The molecule has 0 radical (unpaired) electrons. The Morgan fingerprint density at radius 2 is 1.64 bits per heavy atom. The molecular weight excluding hydrogens is 306 g/mol. The lowest BCUT2D eigenvalue weighted by atomic mass is 10.1. The van der Waals surface area contributed by atoms with Crippen LogP contribution in [0.4, 0.5) is 5.69 Å². The van der Waals surface area contributed by atoms with Crippen molar-refractivity contribution in [2.24, 2.45) is 0 Å². The van der Waals surface area contributed by atoms with Crippen molar-refractivity contribution in [2.75, 3.05) is 4.72 Å². The normalized spacial score (nSPS) is 11.2. The highest BCUT2D eigenvalue weighted by Gasteiger charge is 2.21. The number of aryl methyl sites for hydroxylation is 2. The zero-order chi connectivity index (χ0) is 16.5. The number of phenols is 1.